The number of rotatable bonds is 5. The summed E-state index contributed by atoms with van der Waals surface area (Å²) in [6, 6.07) is 27.1. The van der Waals surface area contributed by atoms with E-state index in [0.29, 0.717) is 5.75 Å². The number of phenolic OH excluding ortho intramolecular Hbond substituents is 1. The molecule has 3 aromatic carbocycles. The topological polar surface area (TPSA) is 29.1 Å². The first-order valence-electron chi connectivity index (χ1n) is 9.46. The molecule has 1 heterocycles. The van der Waals surface area contributed by atoms with E-state index in [9.17, 15) is 5.11 Å². The van der Waals surface area contributed by atoms with Gasteiger partial charge in [0.25, 0.3) is 0 Å². The molecule has 0 radical (unpaired) electrons. The van der Waals surface area contributed by atoms with Crippen LogP contribution in [0.15, 0.2) is 83.3 Å². The van der Waals surface area contributed by atoms with Crippen LogP contribution in [0.2, 0.25) is 0 Å². The van der Waals surface area contributed by atoms with Gasteiger partial charge < -0.3 is 5.11 Å². The van der Waals surface area contributed by atoms with E-state index in [2.05, 4.69) is 82.7 Å². The average molecular weight is 425 g/mol. The summed E-state index contributed by atoms with van der Waals surface area (Å²) < 4.78 is 1.01. The van der Waals surface area contributed by atoms with Crippen molar-refractivity contribution in [1.82, 2.24) is 0 Å². The fourth-order valence-electron chi connectivity index (χ4n) is 4.19. The fraction of sp³-hybridized carbons (Fsp3) is 0.217. The molecular formula is C23H25BrN2O+2. The predicted octanol–water partition coefficient (Wildman–Crippen LogP) is 2.34. The molecule has 3 nitrogen and oxygen atoms in total. The van der Waals surface area contributed by atoms with Crippen LogP contribution in [0.25, 0.3) is 0 Å². The Hall–Kier alpha value is -2.14. The van der Waals surface area contributed by atoms with Gasteiger partial charge in [0.05, 0.1) is 0 Å². The maximum atomic E-state index is 10.6. The van der Waals surface area contributed by atoms with Crippen LogP contribution < -0.4 is 9.80 Å². The summed E-state index contributed by atoms with van der Waals surface area (Å²) in [5.41, 5.74) is 3.71. The molecule has 3 aromatic rings. The molecule has 3 N–H and O–H groups in total. The molecule has 1 saturated heterocycles. The van der Waals surface area contributed by atoms with Crippen LogP contribution in [0.4, 0.5) is 0 Å². The van der Waals surface area contributed by atoms with Gasteiger partial charge in [0.2, 0.25) is 6.17 Å². The summed E-state index contributed by atoms with van der Waals surface area (Å²) in [7, 11) is 0. The van der Waals surface area contributed by atoms with Crippen molar-refractivity contribution in [3.05, 3.63) is 100 Å². The third kappa shape index (κ3) is 4.24. The zero-order valence-corrected chi connectivity index (χ0v) is 16.8. The molecule has 0 aromatic heterocycles. The first-order valence-corrected chi connectivity index (χ1v) is 10.3. The van der Waals surface area contributed by atoms with Gasteiger partial charge in [-0.05, 0) is 18.2 Å². The van der Waals surface area contributed by atoms with Crippen molar-refractivity contribution in [2.24, 2.45) is 0 Å². The van der Waals surface area contributed by atoms with Gasteiger partial charge >= 0.3 is 0 Å². The monoisotopic (exact) mass is 424 g/mol. The Morgan fingerprint density at radius 3 is 1.81 bits per heavy atom. The van der Waals surface area contributed by atoms with E-state index in [1.807, 2.05) is 6.07 Å². The molecule has 2 atom stereocenters. The second-order valence-corrected chi connectivity index (χ2v) is 8.19. The molecule has 4 heteroatoms. The summed E-state index contributed by atoms with van der Waals surface area (Å²) in [6.45, 7) is 4.12. The summed E-state index contributed by atoms with van der Waals surface area (Å²) in [4.78, 5) is 3.00. The third-order valence-electron chi connectivity index (χ3n) is 5.43. The van der Waals surface area contributed by atoms with E-state index in [4.69, 9.17) is 0 Å². The Balaban J connectivity index is 1.66. The van der Waals surface area contributed by atoms with Gasteiger partial charge in [-0.3, -0.25) is 9.80 Å². The molecule has 0 amide bonds. The van der Waals surface area contributed by atoms with E-state index < -0.39 is 0 Å². The highest BCUT2D eigenvalue weighted by Gasteiger charge is 2.42. The lowest BCUT2D eigenvalue weighted by Crippen LogP contribution is -3.22. The second kappa shape index (κ2) is 8.26. The largest absolute Gasteiger partial charge is 0.507 e. The maximum Gasteiger partial charge on any atom is 0.244 e. The van der Waals surface area contributed by atoms with Gasteiger partial charge in [-0.2, -0.15) is 0 Å². The Labute approximate surface area is 169 Å². The number of quaternary nitrogens is 2. The van der Waals surface area contributed by atoms with Crippen LogP contribution in [0, 0.1) is 0 Å². The number of benzene rings is 3. The van der Waals surface area contributed by atoms with Gasteiger partial charge in [0, 0.05) is 15.6 Å². The zero-order chi connectivity index (χ0) is 18.6. The minimum atomic E-state index is 0.211. The summed E-state index contributed by atoms with van der Waals surface area (Å²) in [5.74, 6) is 0.390. The Morgan fingerprint density at radius 2 is 1.30 bits per heavy atom. The SMILES string of the molecule is Oc1ccc(Br)cc1C1[NH+](Cc2ccccc2)CC[NH+]1Cc1ccccc1. The molecule has 138 valence electrons. The summed E-state index contributed by atoms with van der Waals surface area (Å²) in [5, 5.41) is 10.6. The van der Waals surface area contributed by atoms with Crippen LogP contribution in [0.1, 0.15) is 22.9 Å². The van der Waals surface area contributed by atoms with Crippen molar-refractivity contribution < 1.29 is 14.9 Å². The standard InChI is InChI=1S/C23H23BrN2O/c24-20-11-12-22(27)21(15-20)23-25(16-18-7-3-1-4-8-18)13-14-26(23)17-19-9-5-2-6-10-19/h1-12,15,23,27H,13-14,16-17H2/p+2. The fourth-order valence-corrected chi connectivity index (χ4v) is 4.57. The second-order valence-electron chi connectivity index (χ2n) is 7.28. The molecule has 1 aliphatic heterocycles. The lowest BCUT2D eigenvalue weighted by Gasteiger charge is -2.25. The quantitative estimate of drug-likeness (QED) is 0.576. The summed E-state index contributed by atoms with van der Waals surface area (Å²) in [6.07, 6.45) is 0.211. The van der Waals surface area contributed by atoms with Crippen molar-refractivity contribution in [2.75, 3.05) is 13.1 Å². The van der Waals surface area contributed by atoms with E-state index >= 15 is 0 Å². The molecule has 0 spiro atoms. The zero-order valence-electron chi connectivity index (χ0n) is 15.2. The van der Waals surface area contributed by atoms with Crippen molar-refractivity contribution in [3.8, 4) is 5.75 Å². The van der Waals surface area contributed by atoms with Gasteiger partial charge in [0.1, 0.15) is 37.5 Å². The van der Waals surface area contributed by atoms with Gasteiger partial charge in [0.15, 0.2) is 0 Å². The number of halogens is 1. The molecular weight excluding hydrogens is 400 g/mol. The van der Waals surface area contributed by atoms with Gasteiger partial charge in [-0.25, -0.2) is 0 Å². The van der Waals surface area contributed by atoms with Crippen molar-refractivity contribution in [3.63, 3.8) is 0 Å². The lowest BCUT2D eigenvalue weighted by atomic mass is 10.1. The molecule has 0 aliphatic carbocycles. The summed E-state index contributed by atoms with van der Waals surface area (Å²) >= 11 is 3.59. The van der Waals surface area contributed by atoms with Crippen molar-refractivity contribution >= 4 is 15.9 Å². The molecule has 4 rings (SSSR count). The average Bonchev–Trinajstić information content (AvgIpc) is 3.07. The first kappa shape index (κ1) is 18.2. The highest BCUT2D eigenvalue weighted by Crippen LogP contribution is 2.25. The molecule has 27 heavy (non-hydrogen) atoms. The highest BCUT2D eigenvalue weighted by molar-refractivity contribution is 9.10. The van der Waals surface area contributed by atoms with E-state index in [1.165, 1.54) is 20.9 Å². The van der Waals surface area contributed by atoms with Gasteiger partial charge in [-0.1, -0.05) is 76.6 Å². The molecule has 0 bridgehead atoms. The number of phenols is 1. The molecule has 2 unspecified atom stereocenters. The van der Waals surface area contributed by atoms with Crippen LogP contribution in [0.5, 0.6) is 5.75 Å². The van der Waals surface area contributed by atoms with Crippen molar-refractivity contribution in [1.29, 1.82) is 0 Å². The lowest BCUT2D eigenvalue weighted by molar-refractivity contribution is -1.09. The normalized spacial score (nSPS) is 22.0. The minimum Gasteiger partial charge on any atom is -0.507 e. The van der Waals surface area contributed by atoms with Gasteiger partial charge in [-0.15, -0.1) is 0 Å². The van der Waals surface area contributed by atoms with E-state index in [-0.39, 0.29) is 6.17 Å². The number of nitrogens with one attached hydrogen (secondary N) is 2. The molecule has 1 aliphatic rings. The Morgan fingerprint density at radius 1 is 0.778 bits per heavy atom. The van der Waals surface area contributed by atoms with Crippen LogP contribution in [-0.4, -0.2) is 18.2 Å². The Kier molecular flexibility index (Phi) is 5.58. The smallest absolute Gasteiger partial charge is 0.244 e. The van der Waals surface area contributed by atoms with Crippen LogP contribution in [-0.2, 0) is 13.1 Å². The predicted molar refractivity (Wildman–Crippen MR) is 110 cm³/mol. The van der Waals surface area contributed by atoms with Crippen LogP contribution in [0.3, 0.4) is 0 Å². The maximum absolute atomic E-state index is 10.6. The minimum absolute atomic E-state index is 0.211. The van der Waals surface area contributed by atoms with Crippen molar-refractivity contribution in [2.45, 2.75) is 19.3 Å². The third-order valence-corrected chi connectivity index (χ3v) is 5.93. The molecule has 0 saturated carbocycles. The number of hydrogen-bond acceptors (Lipinski definition) is 1. The number of hydrogen-bond donors (Lipinski definition) is 3. The van der Waals surface area contributed by atoms with E-state index in [1.54, 1.807) is 6.07 Å². The van der Waals surface area contributed by atoms with E-state index in [0.717, 1.165) is 36.2 Å². The number of aromatic hydroxyl groups is 1. The highest BCUT2D eigenvalue weighted by atomic mass is 79.9. The Bertz CT molecular complexity index is 836. The van der Waals surface area contributed by atoms with Crippen LogP contribution >= 0.6 is 15.9 Å². The first-order chi connectivity index (χ1) is 13.2. The molecule has 1 fully saturated rings.